The SMILES string of the molecule is CNC(=O)[C@@H](Cc1ccccc1)N(Cc1ccc(Br)cc1)C(=O)CCc1ccc2c(c1)OCCO2. The third-order valence-electron chi connectivity index (χ3n) is 6.02. The summed E-state index contributed by atoms with van der Waals surface area (Å²) < 4.78 is 12.2. The van der Waals surface area contributed by atoms with Gasteiger partial charge in [-0.15, -0.1) is 0 Å². The minimum atomic E-state index is -0.626. The second kappa shape index (κ2) is 11.9. The lowest BCUT2D eigenvalue weighted by Crippen LogP contribution is -2.49. The van der Waals surface area contributed by atoms with E-state index in [0.717, 1.165) is 26.9 Å². The maximum absolute atomic E-state index is 13.6. The number of rotatable bonds is 9. The molecule has 0 radical (unpaired) electrons. The summed E-state index contributed by atoms with van der Waals surface area (Å²) in [5.74, 6) is 1.18. The van der Waals surface area contributed by atoms with E-state index in [-0.39, 0.29) is 18.2 Å². The molecule has 0 saturated carbocycles. The zero-order valence-corrected chi connectivity index (χ0v) is 21.3. The summed E-state index contributed by atoms with van der Waals surface area (Å²) in [6, 6.07) is 22.8. The van der Waals surface area contributed by atoms with E-state index in [2.05, 4.69) is 21.2 Å². The standard InChI is InChI=1S/C28H29BrN2O4/c1-30-28(33)24(17-20-5-3-2-4-6-20)31(19-22-7-11-23(29)12-8-22)27(32)14-10-21-9-13-25-26(18-21)35-16-15-34-25/h2-9,11-13,18,24H,10,14-17,19H2,1H3,(H,30,33)/t24-/m1/s1. The molecule has 4 rings (SSSR count). The van der Waals surface area contributed by atoms with Crippen LogP contribution in [0.25, 0.3) is 0 Å². The summed E-state index contributed by atoms with van der Waals surface area (Å²) in [6.45, 7) is 1.40. The molecule has 7 heteroatoms. The number of likely N-dealkylation sites (N-methyl/N-ethyl adjacent to an activating group) is 1. The lowest BCUT2D eigenvalue weighted by molar-refractivity contribution is -0.141. The molecule has 0 saturated heterocycles. The van der Waals surface area contributed by atoms with Gasteiger partial charge in [0, 0.05) is 30.9 Å². The van der Waals surface area contributed by atoms with Crippen LogP contribution in [0, 0.1) is 0 Å². The summed E-state index contributed by atoms with van der Waals surface area (Å²) >= 11 is 3.46. The van der Waals surface area contributed by atoms with Crippen molar-refractivity contribution in [2.75, 3.05) is 20.3 Å². The maximum Gasteiger partial charge on any atom is 0.242 e. The van der Waals surface area contributed by atoms with E-state index in [0.29, 0.717) is 38.3 Å². The van der Waals surface area contributed by atoms with Gasteiger partial charge in [-0.1, -0.05) is 64.5 Å². The highest BCUT2D eigenvalue weighted by molar-refractivity contribution is 9.10. The Kier molecular flexibility index (Phi) is 8.42. The number of carbonyl (C=O) groups is 2. The normalized spacial score (nSPS) is 13.1. The molecular formula is C28H29BrN2O4. The maximum atomic E-state index is 13.6. The molecule has 2 amide bonds. The fourth-order valence-electron chi connectivity index (χ4n) is 4.15. The van der Waals surface area contributed by atoms with Gasteiger partial charge < -0.3 is 19.7 Å². The Morgan fingerprint density at radius 3 is 2.31 bits per heavy atom. The van der Waals surface area contributed by atoms with Crippen molar-refractivity contribution in [3.8, 4) is 11.5 Å². The summed E-state index contributed by atoms with van der Waals surface area (Å²) in [4.78, 5) is 28.3. The van der Waals surface area contributed by atoms with Crippen molar-refractivity contribution >= 4 is 27.7 Å². The van der Waals surface area contributed by atoms with Gasteiger partial charge in [0.2, 0.25) is 11.8 Å². The zero-order chi connectivity index (χ0) is 24.6. The lowest BCUT2D eigenvalue weighted by Gasteiger charge is -2.31. The summed E-state index contributed by atoms with van der Waals surface area (Å²) in [6.07, 6.45) is 1.25. The van der Waals surface area contributed by atoms with Gasteiger partial charge in [0.25, 0.3) is 0 Å². The molecule has 0 bridgehead atoms. The Bertz CT molecular complexity index is 1150. The highest BCUT2D eigenvalue weighted by Crippen LogP contribution is 2.31. The average molecular weight is 537 g/mol. The van der Waals surface area contributed by atoms with Crippen LogP contribution in [-0.4, -0.2) is 43.0 Å². The largest absolute Gasteiger partial charge is 0.486 e. The number of halogens is 1. The van der Waals surface area contributed by atoms with Gasteiger partial charge >= 0.3 is 0 Å². The van der Waals surface area contributed by atoms with E-state index in [4.69, 9.17) is 9.47 Å². The summed E-state index contributed by atoms with van der Waals surface area (Å²) in [5, 5.41) is 2.75. The van der Waals surface area contributed by atoms with Gasteiger partial charge in [-0.3, -0.25) is 9.59 Å². The fraction of sp³-hybridized carbons (Fsp3) is 0.286. The second-order valence-electron chi connectivity index (χ2n) is 8.45. The highest BCUT2D eigenvalue weighted by Gasteiger charge is 2.29. The molecule has 3 aromatic rings. The predicted molar refractivity (Wildman–Crippen MR) is 138 cm³/mol. The predicted octanol–water partition coefficient (Wildman–Crippen LogP) is 4.54. The molecule has 1 atom stereocenters. The van der Waals surface area contributed by atoms with Crippen molar-refractivity contribution in [1.29, 1.82) is 0 Å². The molecule has 1 aliphatic heterocycles. The number of nitrogens with one attached hydrogen (secondary N) is 1. The summed E-state index contributed by atoms with van der Waals surface area (Å²) in [7, 11) is 1.61. The van der Waals surface area contributed by atoms with Crippen LogP contribution in [-0.2, 0) is 29.0 Å². The van der Waals surface area contributed by atoms with Crippen molar-refractivity contribution in [1.82, 2.24) is 10.2 Å². The molecule has 0 aliphatic carbocycles. The fourth-order valence-corrected chi connectivity index (χ4v) is 4.41. The van der Waals surface area contributed by atoms with Crippen LogP contribution in [0.3, 0.4) is 0 Å². The first-order valence-corrected chi connectivity index (χ1v) is 12.5. The van der Waals surface area contributed by atoms with Gasteiger partial charge in [0.05, 0.1) is 0 Å². The smallest absolute Gasteiger partial charge is 0.242 e. The number of benzene rings is 3. The molecule has 3 aromatic carbocycles. The Morgan fingerprint density at radius 1 is 0.914 bits per heavy atom. The van der Waals surface area contributed by atoms with Crippen molar-refractivity contribution in [3.05, 3.63) is 94.0 Å². The molecule has 182 valence electrons. The van der Waals surface area contributed by atoms with Gasteiger partial charge in [-0.25, -0.2) is 0 Å². The van der Waals surface area contributed by atoms with E-state index in [9.17, 15) is 9.59 Å². The number of carbonyl (C=O) groups excluding carboxylic acids is 2. The number of amides is 2. The lowest BCUT2D eigenvalue weighted by atomic mass is 10.0. The number of ether oxygens (including phenoxy) is 2. The number of hydrogen-bond donors (Lipinski definition) is 1. The number of nitrogens with zero attached hydrogens (tertiary/aromatic N) is 1. The minimum Gasteiger partial charge on any atom is -0.486 e. The molecule has 0 fully saturated rings. The van der Waals surface area contributed by atoms with E-state index >= 15 is 0 Å². The number of hydrogen-bond acceptors (Lipinski definition) is 4. The van der Waals surface area contributed by atoms with E-state index in [1.165, 1.54) is 0 Å². The monoisotopic (exact) mass is 536 g/mol. The first-order valence-electron chi connectivity index (χ1n) is 11.7. The third kappa shape index (κ3) is 6.63. The van der Waals surface area contributed by atoms with Crippen molar-refractivity contribution in [2.45, 2.75) is 31.8 Å². The Balaban J connectivity index is 1.56. The van der Waals surface area contributed by atoms with E-state index in [1.54, 1.807) is 11.9 Å². The number of fused-ring (bicyclic) bond motifs is 1. The zero-order valence-electron chi connectivity index (χ0n) is 19.7. The topological polar surface area (TPSA) is 67.9 Å². The molecule has 1 N–H and O–H groups in total. The molecule has 0 unspecified atom stereocenters. The van der Waals surface area contributed by atoms with Crippen molar-refractivity contribution < 1.29 is 19.1 Å². The van der Waals surface area contributed by atoms with Crippen molar-refractivity contribution in [2.24, 2.45) is 0 Å². The molecule has 0 aromatic heterocycles. The minimum absolute atomic E-state index is 0.0765. The van der Waals surface area contributed by atoms with Gasteiger partial charge in [0.1, 0.15) is 19.3 Å². The average Bonchev–Trinajstić information content (AvgIpc) is 2.90. The highest BCUT2D eigenvalue weighted by atomic mass is 79.9. The van der Waals surface area contributed by atoms with Crippen molar-refractivity contribution in [3.63, 3.8) is 0 Å². The first kappa shape index (κ1) is 24.8. The second-order valence-corrected chi connectivity index (χ2v) is 9.36. The third-order valence-corrected chi connectivity index (χ3v) is 6.55. The molecule has 0 spiro atoms. The van der Waals surface area contributed by atoms with Gasteiger partial charge in [-0.2, -0.15) is 0 Å². The molecule has 6 nitrogen and oxygen atoms in total. The Morgan fingerprint density at radius 2 is 1.60 bits per heavy atom. The summed E-state index contributed by atoms with van der Waals surface area (Å²) in [5.41, 5.74) is 2.95. The van der Waals surface area contributed by atoms with E-state index in [1.807, 2.05) is 72.8 Å². The number of aryl methyl sites for hydroxylation is 1. The van der Waals surface area contributed by atoms with Crippen LogP contribution in [0.1, 0.15) is 23.1 Å². The van der Waals surface area contributed by atoms with Crippen LogP contribution >= 0.6 is 15.9 Å². The van der Waals surface area contributed by atoms with Crippen LogP contribution in [0.5, 0.6) is 11.5 Å². The quantitative estimate of drug-likeness (QED) is 0.436. The van der Waals surface area contributed by atoms with Crippen LogP contribution in [0.2, 0.25) is 0 Å². The molecular weight excluding hydrogens is 508 g/mol. The van der Waals surface area contributed by atoms with Crippen LogP contribution in [0.15, 0.2) is 77.3 Å². The van der Waals surface area contributed by atoms with Gasteiger partial charge in [-0.05, 0) is 47.4 Å². The van der Waals surface area contributed by atoms with Gasteiger partial charge in [0.15, 0.2) is 11.5 Å². The Hall–Kier alpha value is -3.32. The molecule has 1 heterocycles. The van der Waals surface area contributed by atoms with Crippen LogP contribution < -0.4 is 14.8 Å². The molecule has 1 aliphatic rings. The van der Waals surface area contributed by atoms with E-state index < -0.39 is 6.04 Å². The van der Waals surface area contributed by atoms with Crippen LogP contribution in [0.4, 0.5) is 0 Å². The Labute approximate surface area is 214 Å². The molecule has 35 heavy (non-hydrogen) atoms. The first-order chi connectivity index (χ1) is 17.0.